The summed E-state index contributed by atoms with van der Waals surface area (Å²) in [6.07, 6.45) is 0. The maximum Gasteiger partial charge on any atom is 0.272 e. The van der Waals surface area contributed by atoms with Crippen LogP contribution >= 0.6 is 0 Å². The molecule has 2 fully saturated rings. The van der Waals surface area contributed by atoms with Crippen LogP contribution in [0.4, 0.5) is 0 Å². The Morgan fingerprint density at radius 2 is 1.57 bits per heavy atom. The Bertz CT molecular complexity index is 2110. The molecular formula is C35H35N5O5S. The first-order valence-corrected chi connectivity index (χ1v) is 16.7. The molecule has 0 aliphatic carbocycles. The number of aromatic amines is 1. The van der Waals surface area contributed by atoms with Crippen molar-refractivity contribution in [2.75, 3.05) is 13.1 Å². The first-order valence-electron chi connectivity index (χ1n) is 15.2. The number of nitrogens with one attached hydrogen (secondary N) is 2. The van der Waals surface area contributed by atoms with Crippen molar-refractivity contribution in [3.63, 3.8) is 0 Å². The zero-order valence-corrected chi connectivity index (χ0v) is 26.8. The summed E-state index contributed by atoms with van der Waals surface area (Å²) in [5.74, 6) is -1.00. The average molecular weight is 638 g/mol. The number of H-pyrrole nitrogens is 1. The van der Waals surface area contributed by atoms with Gasteiger partial charge in [0, 0.05) is 29.4 Å². The molecule has 3 aromatic carbocycles. The van der Waals surface area contributed by atoms with Gasteiger partial charge in [-0.2, -0.15) is 0 Å². The summed E-state index contributed by atoms with van der Waals surface area (Å²) in [6.45, 7) is 8.16. The number of benzene rings is 3. The van der Waals surface area contributed by atoms with E-state index in [9.17, 15) is 22.8 Å². The molecule has 2 aliphatic rings. The van der Waals surface area contributed by atoms with E-state index in [0.29, 0.717) is 16.6 Å². The van der Waals surface area contributed by atoms with Crippen LogP contribution in [0.1, 0.15) is 48.7 Å². The molecule has 5 aromatic rings. The molecule has 236 valence electrons. The number of rotatable bonds is 6. The van der Waals surface area contributed by atoms with Gasteiger partial charge in [0.15, 0.2) is 0 Å². The topological polar surface area (TPSA) is 125 Å². The van der Waals surface area contributed by atoms with E-state index in [1.165, 1.54) is 12.1 Å². The lowest BCUT2D eigenvalue weighted by atomic mass is 9.70. The van der Waals surface area contributed by atoms with Crippen molar-refractivity contribution < 1.29 is 22.8 Å². The minimum atomic E-state index is -4.08. The van der Waals surface area contributed by atoms with Gasteiger partial charge in [0.2, 0.25) is 5.91 Å². The Kier molecular flexibility index (Phi) is 6.68. The van der Waals surface area contributed by atoms with Crippen molar-refractivity contribution >= 4 is 49.6 Å². The molecule has 0 bridgehead atoms. The first kappa shape index (κ1) is 29.8. The van der Waals surface area contributed by atoms with Crippen LogP contribution in [-0.4, -0.2) is 75.6 Å². The minimum absolute atomic E-state index is 0.0510. The van der Waals surface area contributed by atoms with Crippen molar-refractivity contribution in [3.05, 3.63) is 102 Å². The van der Waals surface area contributed by atoms with Crippen LogP contribution in [0.3, 0.4) is 0 Å². The number of para-hydroxylation sites is 2. The predicted molar refractivity (Wildman–Crippen MR) is 175 cm³/mol. The average Bonchev–Trinajstić information content (AvgIpc) is 3.65. The maximum atomic E-state index is 14.1. The van der Waals surface area contributed by atoms with Gasteiger partial charge in [-0.1, -0.05) is 75.4 Å². The van der Waals surface area contributed by atoms with Crippen LogP contribution in [0.15, 0.2) is 95.9 Å². The minimum Gasteiger partial charge on any atom is -0.351 e. The smallest absolute Gasteiger partial charge is 0.272 e. The zero-order chi connectivity index (χ0) is 32.6. The number of piperazine rings is 1. The highest BCUT2D eigenvalue weighted by Gasteiger charge is 2.65. The number of amides is 3. The second-order valence-corrected chi connectivity index (χ2v) is 15.3. The second kappa shape index (κ2) is 10.3. The fourth-order valence-corrected chi connectivity index (χ4v) is 8.29. The van der Waals surface area contributed by atoms with E-state index in [2.05, 4.69) is 10.3 Å². The number of likely N-dealkylation sites (tertiary alicyclic amines) is 2. The maximum absolute atomic E-state index is 14.1. The van der Waals surface area contributed by atoms with E-state index in [-0.39, 0.29) is 41.5 Å². The highest BCUT2D eigenvalue weighted by atomic mass is 32.2. The molecule has 3 amide bonds. The Hall–Kier alpha value is -4.90. The third-order valence-electron chi connectivity index (χ3n) is 9.41. The summed E-state index contributed by atoms with van der Waals surface area (Å²) in [7, 11) is -4.08. The van der Waals surface area contributed by atoms with Crippen LogP contribution < -0.4 is 5.32 Å². The lowest BCUT2D eigenvalue weighted by molar-refractivity contribution is -0.191. The fraction of sp³-hybridized carbons (Fsp3) is 0.286. The quantitative estimate of drug-likeness (QED) is 0.281. The number of hydrogen-bond acceptors (Lipinski definition) is 5. The summed E-state index contributed by atoms with van der Waals surface area (Å²) < 4.78 is 28.8. The molecule has 0 unspecified atom stereocenters. The number of fused-ring (bicyclic) bond motifs is 3. The third kappa shape index (κ3) is 4.52. The first-order chi connectivity index (χ1) is 21.8. The van der Waals surface area contributed by atoms with Crippen molar-refractivity contribution in [1.29, 1.82) is 0 Å². The van der Waals surface area contributed by atoms with E-state index in [1.54, 1.807) is 64.4 Å². The lowest BCUT2D eigenvalue weighted by Gasteiger charge is -2.69. The monoisotopic (exact) mass is 637 g/mol. The Morgan fingerprint density at radius 3 is 2.22 bits per heavy atom. The van der Waals surface area contributed by atoms with Gasteiger partial charge in [-0.25, -0.2) is 12.4 Å². The highest BCUT2D eigenvalue weighted by molar-refractivity contribution is 7.90. The van der Waals surface area contributed by atoms with Crippen molar-refractivity contribution in [2.45, 2.75) is 50.2 Å². The predicted octanol–water partition coefficient (Wildman–Crippen LogP) is 4.63. The standard InChI is InChI=1S/C35H35N5O5S/c1-34(2,3)30(37-31(41)26-18-22-12-8-10-16-25(22)36-26)33(43)39-20-29-35(39,4)21-38(29)32(42)28-19-23-13-9-11-17-27(23)40(28)46(44,45)24-14-6-5-7-15-24/h5-19,29-30,36H,20-21H2,1-4H3,(H,37,41)/t29-,30-,35-/m1/s1. The van der Waals surface area contributed by atoms with Crippen LogP contribution in [0.5, 0.6) is 0 Å². The summed E-state index contributed by atoms with van der Waals surface area (Å²) in [4.78, 5) is 48.0. The van der Waals surface area contributed by atoms with Crippen LogP contribution in [0, 0.1) is 5.41 Å². The molecule has 7 rings (SSSR count). The molecule has 0 radical (unpaired) electrons. The molecule has 2 saturated heterocycles. The lowest BCUT2D eigenvalue weighted by Crippen LogP contribution is -2.88. The van der Waals surface area contributed by atoms with Gasteiger partial charge in [-0.3, -0.25) is 14.4 Å². The number of carbonyl (C=O) groups excluding carboxylic acids is 3. The molecule has 11 heteroatoms. The summed E-state index contributed by atoms with van der Waals surface area (Å²) >= 11 is 0. The van der Waals surface area contributed by atoms with Crippen molar-refractivity contribution in [3.8, 4) is 0 Å². The molecule has 2 aliphatic heterocycles. The molecule has 46 heavy (non-hydrogen) atoms. The van der Waals surface area contributed by atoms with Gasteiger partial charge >= 0.3 is 0 Å². The summed E-state index contributed by atoms with van der Waals surface area (Å²) in [5.41, 5.74) is 0.442. The van der Waals surface area contributed by atoms with Crippen LogP contribution in [0.25, 0.3) is 21.8 Å². The van der Waals surface area contributed by atoms with E-state index >= 15 is 0 Å². The normalized spacial score (nSPS) is 20.1. The molecule has 3 atom stereocenters. The molecule has 10 nitrogen and oxygen atoms in total. The van der Waals surface area contributed by atoms with Gasteiger partial charge in [0.05, 0.1) is 22.0 Å². The van der Waals surface area contributed by atoms with Crippen LogP contribution in [-0.2, 0) is 14.8 Å². The Morgan fingerprint density at radius 1 is 0.913 bits per heavy atom. The number of aromatic nitrogens is 2. The molecular weight excluding hydrogens is 602 g/mol. The molecule has 0 spiro atoms. The second-order valence-electron chi connectivity index (χ2n) is 13.5. The fourth-order valence-electron chi connectivity index (χ4n) is 6.76. The number of hydrogen-bond donors (Lipinski definition) is 2. The van der Waals surface area contributed by atoms with Crippen molar-refractivity contribution in [2.24, 2.45) is 5.41 Å². The Labute approximate surface area is 267 Å². The van der Waals surface area contributed by atoms with Crippen molar-refractivity contribution in [1.82, 2.24) is 24.1 Å². The van der Waals surface area contributed by atoms with Gasteiger partial charge in [0.25, 0.3) is 21.8 Å². The SMILES string of the molecule is CC(C)(C)[C@H](NC(=O)c1cc2ccccc2[nH]1)C(=O)N1C[C@H]2N(C(=O)c3cc4ccccc4n3S(=O)(=O)c3ccccc3)C[C@]21C. The number of carbonyl (C=O) groups is 3. The Balaban J connectivity index is 1.13. The van der Waals surface area contributed by atoms with Gasteiger partial charge < -0.3 is 20.1 Å². The van der Waals surface area contributed by atoms with Crippen LogP contribution in [0.2, 0.25) is 0 Å². The molecule has 0 saturated carbocycles. The molecule has 2 N–H and O–H groups in total. The van der Waals surface area contributed by atoms with Gasteiger partial charge in [-0.15, -0.1) is 0 Å². The van der Waals surface area contributed by atoms with E-state index in [4.69, 9.17) is 0 Å². The summed E-state index contributed by atoms with van der Waals surface area (Å²) in [6, 6.07) is 24.9. The van der Waals surface area contributed by atoms with Gasteiger partial charge in [0.1, 0.15) is 17.4 Å². The number of nitrogens with zero attached hydrogens (tertiary/aromatic N) is 3. The van der Waals surface area contributed by atoms with Gasteiger partial charge in [-0.05, 0) is 48.7 Å². The largest absolute Gasteiger partial charge is 0.351 e. The molecule has 4 heterocycles. The third-order valence-corrected chi connectivity index (χ3v) is 11.2. The highest BCUT2D eigenvalue weighted by Crippen LogP contribution is 2.46. The van der Waals surface area contributed by atoms with E-state index < -0.39 is 32.9 Å². The summed E-state index contributed by atoms with van der Waals surface area (Å²) in [5, 5.41) is 4.50. The van der Waals surface area contributed by atoms with E-state index in [1.807, 2.05) is 52.0 Å². The zero-order valence-electron chi connectivity index (χ0n) is 26.0. The van der Waals surface area contributed by atoms with E-state index in [0.717, 1.165) is 14.9 Å². The molecule has 2 aromatic heterocycles.